The number of nitrogen functional groups attached to an aromatic ring is 1. The number of benzene rings is 1. The molecule has 0 aliphatic heterocycles. The molecule has 0 aliphatic rings. The molecule has 0 saturated carbocycles. The van der Waals surface area contributed by atoms with Crippen LogP contribution < -0.4 is 5.73 Å². The van der Waals surface area contributed by atoms with Crippen molar-refractivity contribution in [3.05, 3.63) is 30.5 Å². The van der Waals surface area contributed by atoms with E-state index in [2.05, 4.69) is 0 Å². The highest BCUT2D eigenvalue weighted by atomic mass is 16.4. The summed E-state index contributed by atoms with van der Waals surface area (Å²) >= 11 is 0. The summed E-state index contributed by atoms with van der Waals surface area (Å²) in [5.41, 5.74) is 6.76. The number of aliphatic carboxylic acids is 1. The van der Waals surface area contributed by atoms with E-state index < -0.39 is 11.4 Å². The SMILES string of the molecule is CC(C)(Cn1ccc2c(N)cccc21)C(=O)O. The van der Waals surface area contributed by atoms with Gasteiger partial charge in [0.05, 0.1) is 10.9 Å². The van der Waals surface area contributed by atoms with Crippen LogP contribution >= 0.6 is 0 Å². The van der Waals surface area contributed by atoms with Crippen LogP contribution in [0.4, 0.5) is 5.69 Å². The van der Waals surface area contributed by atoms with Gasteiger partial charge in [0.25, 0.3) is 0 Å². The molecule has 0 atom stereocenters. The van der Waals surface area contributed by atoms with E-state index in [1.54, 1.807) is 13.8 Å². The van der Waals surface area contributed by atoms with Crippen molar-refractivity contribution < 1.29 is 9.90 Å². The smallest absolute Gasteiger partial charge is 0.310 e. The number of carboxylic acid groups (broad SMARTS) is 1. The molecule has 0 amide bonds. The minimum atomic E-state index is -0.803. The van der Waals surface area contributed by atoms with Crippen LogP contribution in [0.15, 0.2) is 30.5 Å². The molecule has 0 bridgehead atoms. The van der Waals surface area contributed by atoms with Gasteiger partial charge in [-0.1, -0.05) is 6.07 Å². The van der Waals surface area contributed by atoms with Gasteiger partial charge in [-0.25, -0.2) is 0 Å². The first-order valence-electron chi connectivity index (χ1n) is 5.48. The molecule has 2 aromatic rings. The van der Waals surface area contributed by atoms with Crippen LogP contribution in [0, 0.1) is 5.41 Å². The van der Waals surface area contributed by atoms with Crippen LogP contribution in [-0.4, -0.2) is 15.6 Å². The number of rotatable bonds is 3. The van der Waals surface area contributed by atoms with Crippen molar-refractivity contribution in [3.63, 3.8) is 0 Å². The lowest BCUT2D eigenvalue weighted by Gasteiger charge is -2.20. The van der Waals surface area contributed by atoms with Crippen LogP contribution in [-0.2, 0) is 11.3 Å². The Morgan fingerprint density at radius 1 is 1.41 bits per heavy atom. The third kappa shape index (κ3) is 1.98. The Labute approximate surface area is 99.7 Å². The predicted molar refractivity (Wildman–Crippen MR) is 67.8 cm³/mol. The summed E-state index contributed by atoms with van der Waals surface area (Å²) in [5, 5.41) is 10.1. The Morgan fingerprint density at radius 3 is 2.76 bits per heavy atom. The van der Waals surface area contributed by atoms with Crippen molar-refractivity contribution >= 4 is 22.6 Å². The van der Waals surface area contributed by atoms with E-state index >= 15 is 0 Å². The normalized spacial score (nSPS) is 11.9. The van der Waals surface area contributed by atoms with Gasteiger partial charge < -0.3 is 15.4 Å². The van der Waals surface area contributed by atoms with Crippen LogP contribution in [0.25, 0.3) is 10.9 Å². The van der Waals surface area contributed by atoms with Crippen molar-refractivity contribution in [2.24, 2.45) is 5.41 Å². The minimum Gasteiger partial charge on any atom is -0.481 e. The summed E-state index contributed by atoms with van der Waals surface area (Å²) in [4.78, 5) is 11.1. The lowest BCUT2D eigenvalue weighted by atomic mass is 9.94. The Hall–Kier alpha value is -1.97. The number of nitrogens with zero attached hydrogens (tertiary/aromatic N) is 1. The molecular weight excluding hydrogens is 216 g/mol. The maximum Gasteiger partial charge on any atom is 0.310 e. The molecule has 2 rings (SSSR count). The summed E-state index contributed by atoms with van der Waals surface area (Å²) < 4.78 is 1.93. The maximum absolute atomic E-state index is 11.1. The highest BCUT2D eigenvalue weighted by Crippen LogP contribution is 2.26. The third-order valence-corrected chi connectivity index (χ3v) is 2.99. The molecule has 0 unspecified atom stereocenters. The molecule has 1 aromatic carbocycles. The second kappa shape index (κ2) is 3.80. The molecule has 1 heterocycles. The molecule has 0 aliphatic carbocycles. The zero-order valence-corrected chi connectivity index (χ0v) is 9.97. The highest BCUT2D eigenvalue weighted by Gasteiger charge is 2.27. The molecule has 90 valence electrons. The molecule has 3 N–H and O–H groups in total. The van der Waals surface area contributed by atoms with Crippen LogP contribution in [0.3, 0.4) is 0 Å². The molecule has 0 saturated heterocycles. The van der Waals surface area contributed by atoms with Crippen molar-refractivity contribution in [1.82, 2.24) is 4.57 Å². The fourth-order valence-corrected chi connectivity index (χ4v) is 1.88. The summed E-state index contributed by atoms with van der Waals surface area (Å²) in [6.45, 7) is 3.86. The molecule has 0 spiro atoms. The number of hydrogen-bond donors (Lipinski definition) is 2. The van der Waals surface area contributed by atoms with E-state index in [1.807, 2.05) is 35.0 Å². The van der Waals surface area contributed by atoms with Gasteiger partial charge in [0, 0.05) is 23.8 Å². The number of carbonyl (C=O) groups is 1. The molecule has 17 heavy (non-hydrogen) atoms. The van der Waals surface area contributed by atoms with Gasteiger partial charge in [-0.3, -0.25) is 4.79 Å². The van der Waals surface area contributed by atoms with Crippen molar-refractivity contribution in [2.45, 2.75) is 20.4 Å². The van der Waals surface area contributed by atoms with Crippen molar-refractivity contribution in [3.8, 4) is 0 Å². The van der Waals surface area contributed by atoms with E-state index in [-0.39, 0.29) is 0 Å². The summed E-state index contributed by atoms with van der Waals surface area (Å²) in [7, 11) is 0. The third-order valence-electron chi connectivity index (χ3n) is 2.99. The molecular formula is C13H16N2O2. The van der Waals surface area contributed by atoms with Gasteiger partial charge in [0.2, 0.25) is 0 Å². The van der Waals surface area contributed by atoms with Gasteiger partial charge in [-0.15, -0.1) is 0 Å². The van der Waals surface area contributed by atoms with E-state index in [4.69, 9.17) is 10.8 Å². The van der Waals surface area contributed by atoms with E-state index in [1.165, 1.54) is 0 Å². The van der Waals surface area contributed by atoms with Crippen LogP contribution in [0.1, 0.15) is 13.8 Å². The highest BCUT2D eigenvalue weighted by molar-refractivity contribution is 5.91. The Morgan fingerprint density at radius 2 is 2.12 bits per heavy atom. The quantitative estimate of drug-likeness (QED) is 0.798. The van der Waals surface area contributed by atoms with Crippen molar-refractivity contribution in [2.75, 3.05) is 5.73 Å². The summed E-state index contributed by atoms with van der Waals surface area (Å²) in [5.74, 6) is -0.803. The number of hydrogen-bond acceptors (Lipinski definition) is 2. The van der Waals surface area contributed by atoms with E-state index in [0.717, 1.165) is 16.6 Å². The second-order valence-electron chi connectivity index (χ2n) is 4.91. The zero-order chi connectivity index (χ0) is 12.6. The summed E-state index contributed by atoms with van der Waals surface area (Å²) in [6.07, 6.45) is 1.88. The molecule has 4 nitrogen and oxygen atoms in total. The van der Waals surface area contributed by atoms with Gasteiger partial charge in [-0.05, 0) is 32.0 Å². The molecule has 0 fully saturated rings. The van der Waals surface area contributed by atoms with Crippen LogP contribution in [0.5, 0.6) is 0 Å². The first-order valence-corrected chi connectivity index (χ1v) is 5.48. The fourth-order valence-electron chi connectivity index (χ4n) is 1.88. The predicted octanol–water partition coefficient (Wildman–Crippen LogP) is 2.33. The second-order valence-corrected chi connectivity index (χ2v) is 4.91. The largest absolute Gasteiger partial charge is 0.481 e. The number of fused-ring (bicyclic) bond motifs is 1. The number of nitrogens with two attached hydrogens (primary N) is 1. The minimum absolute atomic E-state index is 0.426. The van der Waals surface area contributed by atoms with Gasteiger partial charge in [0.1, 0.15) is 0 Å². The zero-order valence-electron chi connectivity index (χ0n) is 9.97. The maximum atomic E-state index is 11.1. The lowest BCUT2D eigenvalue weighted by molar-refractivity contribution is -0.147. The standard InChI is InChI=1S/C13H16N2O2/c1-13(2,12(16)17)8-15-7-6-9-10(14)4-3-5-11(9)15/h3-7H,8,14H2,1-2H3,(H,16,17). The van der Waals surface area contributed by atoms with E-state index in [0.29, 0.717) is 6.54 Å². The Bertz CT molecular complexity index is 570. The van der Waals surface area contributed by atoms with E-state index in [9.17, 15) is 4.79 Å². The lowest BCUT2D eigenvalue weighted by Crippen LogP contribution is -2.28. The Balaban J connectivity index is 2.44. The molecule has 0 radical (unpaired) electrons. The first kappa shape index (κ1) is 11.5. The number of anilines is 1. The summed E-state index contributed by atoms with van der Waals surface area (Å²) in [6, 6.07) is 7.59. The topological polar surface area (TPSA) is 68.2 Å². The first-order chi connectivity index (χ1) is 7.92. The molecule has 1 aromatic heterocycles. The Kier molecular flexibility index (Phi) is 2.58. The number of aromatic nitrogens is 1. The fraction of sp³-hybridized carbons (Fsp3) is 0.308. The number of carboxylic acids is 1. The van der Waals surface area contributed by atoms with Gasteiger partial charge >= 0.3 is 5.97 Å². The van der Waals surface area contributed by atoms with Crippen molar-refractivity contribution in [1.29, 1.82) is 0 Å². The van der Waals surface area contributed by atoms with Gasteiger partial charge in [0.15, 0.2) is 0 Å². The average Bonchev–Trinajstić information content (AvgIpc) is 2.62. The van der Waals surface area contributed by atoms with Crippen LogP contribution in [0.2, 0.25) is 0 Å². The van der Waals surface area contributed by atoms with Gasteiger partial charge in [-0.2, -0.15) is 0 Å². The molecule has 4 heteroatoms. The average molecular weight is 232 g/mol. The monoisotopic (exact) mass is 232 g/mol.